The van der Waals surface area contributed by atoms with Gasteiger partial charge in [0.25, 0.3) is 0 Å². The molecule has 1 aliphatic heterocycles. The summed E-state index contributed by atoms with van der Waals surface area (Å²) >= 11 is 0. The Morgan fingerprint density at radius 1 is 1.31 bits per heavy atom. The van der Waals surface area contributed by atoms with Crippen LogP contribution in [0.2, 0.25) is 0 Å². The first-order valence-corrected chi connectivity index (χ1v) is 8.80. The number of aryl methyl sites for hydroxylation is 1. The number of aromatic nitrogens is 2. The quantitative estimate of drug-likeness (QED) is 0.722. The molecule has 0 unspecified atom stereocenters. The van der Waals surface area contributed by atoms with Crippen LogP contribution in [-0.2, 0) is 11.2 Å². The number of carbonyl (C=O) groups is 1. The Morgan fingerprint density at radius 2 is 2.08 bits per heavy atom. The fourth-order valence-corrected chi connectivity index (χ4v) is 3.63. The van der Waals surface area contributed by atoms with Crippen LogP contribution in [0.3, 0.4) is 0 Å². The highest BCUT2D eigenvalue weighted by Gasteiger charge is 2.49. The van der Waals surface area contributed by atoms with Crippen LogP contribution in [0.5, 0.6) is 0 Å². The molecule has 1 fully saturated rings. The van der Waals surface area contributed by atoms with E-state index in [2.05, 4.69) is 9.97 Å². The Balaban J connectivity index is 1.75. The number of nitrogens with two attached hydrogens (primary N) is 1. The number of carboxylic acid groups (broad SMARTS) is 1. The van der Waals surface area contributed by atoms with E-state index in [1.54, 1.807) is 12.3 Å². The molecule has 0 spiro atoms. The average molecular weight is 356 g/mol. The van der Waals surface area contributed by atoms with E-state index in [0.29, 0.717) is 31.6 Å². The van der Waals surface area contributed by atoms with Gasteiger partial charge in [0.05, 0.1) is 6.10 Å². The van der Waals surface area contributed by atoms with Crippen molar-refractivity contribution in [3.05, 3.63) is 48.2 Å². The third kappa shape index (κ3) is 3.77. The molecular formula is C19H24N4O3. The summed E-state index contributed by atoms with van der Waals surface area (Å²) in [4.78, 5) is 22.1. The Morgan fingerprint density at radius 3 is 2.77 bits per heavy atom. The van der Waals surface area contributed by atoms with Crippen molar-refractivity contribution in [2.24, 2.45) is 5.41 Å². The standard InChI is InChI=1S/C19H24N4O3/c20-18-21-11-8-16(22-18)23-12-9-15(24)19(13-23,17(25)26)10-4-7-14-5-2-1-3-6-14/h1-3,5-6,8,11,15,24H,4,7,9-10,12-13H2,(H,25,26)(H2,20,21,22)/t15-,19-/m1/s1. The van der Waals surface area contributed by atoms with Gasteiger partial charge < -0.3 is 20.8 Å². The van der Waals surface area contributed by atoms with Crippen LogP contribution in [0.1, 0.15) is 24.8 Å². The van der Waals surface area contributed by atoms with E-state index in [1.165, 1.54) is 5.56 Å². The second-order valence-corrected chi connectivity index (χ2v) is 6.80. The summed E-state index contributed by atoms with van der Waals surface area (Å²) in [6.45, 7) is 0.736. The third-order valence-electron chi connectivity index (χ3n) is 5.12. The van der Waals surface area contributed by atoms with Crippen LogP contribution in [0.4, 0.5) is 11.8 Å². The number of aliphatic hydroxyl groups is 1. The van der Waals surface area contributed by atoms with Crippen LogP contribution in [0, 0.1) is 5.41 Å². The van der Waals surface area contributed by atoms with E-state index >= 15 is 0 Å². The van der Waals surface area contributed by atoms with E-state index in [1.807, 2.05) is 35.2 Å². The van der Waals surface area contributed by atoms with Gasteiger partial charge in [-0.3, -0.25) is 4.79 Å². The van der Waals surface area contributed by atoms with Gasteiger partial charge in [-0.1, -0.05) is 30.3 Å². The van der Waals surface area contributed by atoms with Gasteiger partial charge in [-0.15, -0.1) is 0 Å². The van der Waals surface area contributed by atoms with E-state index in [-0.39, 0.29) is 12.5 Å². The van der Waals surface area contributed by atoms with Crippen LogP contribution < -0.4 is 10.6 Å². The highest BCUT2D eigenvalue weighted by Crippen LogP contribution is 2.37. The molecule has 0 amide bonds. The van der Waals surface area contributed by atoms with Gasteiger partial charge in [0.2, 0.25) is 5.95 Å². The average Bonchev–Trinajstić information content (AvgIpc) is 2.64. The van der Waals surface area contributed by atoms with Crippen molar-refractivity contribution in [1.82, 2.24) is 9.97 Å². The van der Waals surface area contributed by atoms with Crippen molar-refractivity contribution in [1.29, 1.82) is 0 Å². The second-order valence-electron chi connectivity index (χ2n) is 6.80. The zero-order valence-electron chi connectivity index (χ0n) is 14.6. The molecule has 2 heterocycles. The number of benzene rings is 1. The van der Waals surface area contributed by atoms with Gasteiger partial charge in [-0.2, -0.15) is 4.98 Å². The summed E-state index contributed by atoms with van der Waals surface area (Å²) in [5, 5.41) is 20.5. The molecule has 26 heavy (non-hydrogen) atoms. The topological polar surface area (TPSA) is 113 Å². The lowest BCUT2D eigenvalue weighted by Gasteiger charge is -2.44. The maximum Gasteiger partial charge on any atom is 0.314 e. The van der Waals surface area contributed by atoms with Gasteiger partial charge in [-0.25, -0.2) is 4.98 Å². The van der Waals surface area contributed by atoms with Crippen molar-refractivity contribution in [3.8, 4) is 0 Å². The first kappa shape index (κ1) is 18.1. The minimum absolute atomic E-state index is 0.152. The van der Waals surface area contributed by atoms with Gasteiger partial charge >= 0.3 is 5.97 Å². The van der Waals surface area contributed by atoms with Crippen LogP contribution in [-0.4, -0.2) is 45.3 Å². The number of rotatable bonds is 6. The monoisotopic (exact) mass is 356 g/mol. The van der Waals surface area contributed by atoms with Crippen LogP contribution >= 0.6 is 0 Å². The van der Waals surface area contributed by atoms with E-state index < -0.39 is 17.5 Å². The Hall–Kier alpha value is -2.67. The summed E-state index contributed by atoms with van der Waals surface area (Å²) in [6.07, 6.45) is 2.92. The maximum absolute atomic E-state index is 12.1. The zero-order valence-corrected chi connectivity index (χ0v) is 14.6. The molecule has 7 nitrogen and oxygen atoms in total. The highest BCUT2D eigenvalue weighted by atomic mass is 16.4. The molecule has 2 atom stereocenters. The van der Waals surface area contributed by atoms with Gasteiger partial charge in [0.15, 0.2) is 0 Å². The van der Waals surface area contributed by atoms with Crippen molar-refractivity contribution >= 4 is 17.7 Å². The van der Waals surface area contributed by atoms with Crippen molar-refractivity contribution in [2.75, 3.05) is 23.7 Å². The summed E-state index contributed by atoms with van der Waals surface area (Å²) < 4.78 is 0. The summed E-state index contributed by atoms with van der Waals surface area (Å²) in [5.41, 5.74) is 5.60. The minimum atomic E-state index is -1.22. The molecule has 1 saturated heterocycles. The number of hydrogen-bond acceptors (Lipinski definition) is 6. The lowest BCUT2D eigenvalue weighted by molar-refractivity contribution is -0.158. The number of hydrogen-bond donors (Lipinski definition) is 3. The molecule has 4 N–H and O–H groups in total. The normalized spacial score (nSPS) is 23.0. The molecular weight excluding hydrogens is 332 g/mol. The van der Waals surface area contributed by atoms with Gasteiger partial charge in [0.1, 0.15) is 11.2 Å². The number of aliphatic carboxylic acids is 1. The molecule has 0 bridgehead atoms. The Bertz CT molecular complexity index is 755. The fourth-order valence-electron chi connectivity index (χ4n) is 3.63. The Labute approximate surface area is 152 Å². The predicted molar refractivity (Wildman–Crippen MR) is 98.7 cm³/mol. The summed E-state index contributed by atoms with van der Waals surface area (Å²) in [7, 11) is 0. The van der Waals surface area contributed by atoms with Crippen molar-refractivity contribution in [3.63, 3.8) is 0 Å². The smallest absolute Gasteiger partial charge is 0.314 e. The van der Waals surface area contributed by atoms with Crippen LogP contribution in [0.15, 0.2) is 42.6 Å². The third-order valence-corrected chi connectivity index (χ3v) is 5.12. The number of nitrogen functional groups attached to an aromatic ring is 1. The summed E-state index contributed by atoms with van der Waals surface area (Å²) in [6, 6.07) is 11.7. The molecule has 0 aliphatic carbocycles. The highest BCUT2D eigenvalue weighted by molar-refractivity contribution is 5.77. The molecule has 2 aromatic rings. The fraction of sp³-hybridized carbons (Fsp3) is 0.421. The number of carboxylic acids is 1. The number of piperidine rings is 1. The number of aliphatic hydroxyl groups excluding tert-OH is 1. The van der Waals surface area contributed by atoms with Crippen LogP contribution in [0.25, 0.3) is 0 Å². The molecule has 0 saturated carbocycles. The second kappa shape index (κ2) is 7.70. The van der Waals surface area contributed by atoms with Crippen molar-refractivity contribution < 1.29 is 15.0 Å². The van der Waals surface area contributed by atoms with Crippen molar-refractivity contribution in [2.45, 2.75) is 31.8 Å². The molecule has 1 aromatic carbocycles. The minimum Gasteiger partial charge on any atom is -0.481 e. The molecule has 3 rings (SSSR count). The molecule has 0 radical (unpaired) electrons. The number of anilines is 2. The van der Waals surface area contributed by atoms with Gasteiger partial charge in [0, 0.05) is 19.3 Å². The van der Waals surface area contributed by atoms with Gasteiger partial charge in [-0.05, 0) is 37.3 Å². The van der Waals surface area contributed by atoms with E-state index in [0.717, 1.165) is 6.42 Å². The lowest BCUT2D eigenvalue weighted by atomic mass is 9.73. The molecule has 1 aliphatic rings. The predicted octanol–water partition coefficient (Wildman–Crippen LogP) is 1.72. The zero-order chi connectivity index (χ0) is 18.6. The summed E-state index contributed by atoms with van der Waals surface area (Å²) in [5.74, 6) is -0.221. The maximum atomic E-state index is 12.1. The molecule has 138 valence electrons. The lowest BCUT2D eigenvalue weighted by Crippen LogP contribution is -2.56. The molecule has 7 heteroatoms. The SMILES string of the molecule is Nc1nccc(N2CC[C@@H](O)[C@](CCCc3ccccc3)(C(=O)O)C2)n1. The van der Waals surface area contributed by atoms with E-state index in [4.69, 9.17) is 5.73 Å². The first-order chi connectivity index (χ1) is 12.5. The largest absolute Gasteiger partial charge is 0.481 e. The Kier molecular flexibility index (Phi) is 5.37. The first-order valence-electron chi connectivity index (χ1n) is 8.80. The van der Waals surface area contributed by atoms with E-state index in [9.17, 15) is 15.0 Å². The molecule has 1 aromatic heterocycles. The number of nitrogens with zero attached hydrogens (tertiary/aromatic N) is 3.